The third-order valence-electron chi connectivity index (χ3n) is 3.23. The molecule has 0 amide bonds. The minimum absolute atomic E-state index is 0.0351. The van der Waals surface area contributed by atoms with Gasteiger partial charge in [-0.25, -0.2) is 8.78 Å². The van der Waals surface area contributed by atoms with Crippen LogP contribution in [0.4, 0.5) is 8.78 Å². The van der Waals surface area contributed by atoms with Crippen LogP contribution in [0.2, 0.25) is 5.02 Å². The van der Waals surface area contributed by atoms with Crippen LogP contribution in [-0.2, 0) is 6.54 Å². The molecule has 20 heavy (non-hydrogen) atoms. The highest BCUT2D eigenvalue weighted by molar-refractivity contribution is 6.30. The number of hydrogen-bond acceptors (Lipinski definition) is 1. The first-order chi connectivity index (χ1) is 9.45. The number of rotatable bonds is 4. The Balaban J connectivity index is 2.04. The highest BCUT2D eigenvalue weighted by Crippen LogP contribution is 2.18. The highest BCUT2D eigenvalue weighted by Gasteiger charge is 2.08. The molecule has 0 aliphatic heterocycles. The van der Waals surface area contributed by atoms with Crippen LogP contribution >= 0.6 is 11.6 Å². The molecule has 0 fully saturated rings. The van der Waals surface area contributed by atoms with Gasteiger partial charge in [0.15, 0.2) is 0 Å². The first kappa shape index (κ1) is 14.9. The molecule has 1 unspecified atom stereocenters. The lowest BCUT2D eigenvalue weighted by Crippen LogP contribution is -2.18. The smallest absolute Gasteiger partial charge is 0.126 e. The summed E-state index contributed by atoms with van der Waals surface area (Å²) in [4.78, 5) is 0. The van der Waals surface area contributed by atoms with Crippen LogP contribution in [0.1, 0.15) is 29.7 Å². The van der Waals surface area contributed by atoms with Crippen molar-refractivity contribution in [2.45, 2.75) is 26.4 Å². The maximum absolute atomic E-state index is 13.5. The number of halogens is 3. The van der Waals surface area contributed by atoms with E-state index in [1.54, 1.807) is 19.1 Å². The molecular formula is C16H16ClF2N. The van der Waals surface area contributed by atoms with Gasteiger partial charge >= 0.3 is 0 Å². The molecule has 4 heteroatoms. The molecule has 0 aliphatic rings. The van der Waals surface area contributed by atoms with E-state index in [1.807, 2.05) is 13.0 Å². The lowest BCUT2D eigenvalue weighted by Gasteiger charge is -2.15. The van der Waals surface area contributed by atoms with Gasteiger partial charge in [-0.2, -0.15) is 0 Å². The molecule has 0 aromatic heterocycles. The summed E-state index contributed by atoms with van der Waals surface area (Å²) < 4.78 is 26.7. The molecule has 106 valence electrons. The van der Waals surface area contributed by atoms with Gasteiger partial charge in [-0.15, -0.1) is 0 Å². The van der Waals surface area contributed by atoms with Crippen LogP contribution in [0.15, 0.2) is 36.4 Å². The second kappa shape index (κ2) is 6.33. The summed E-state index contributed by atoms with van der Waals surface area (Å²) in [5.41, 5.74) is 2.24. The zero-order chi connectivity index (χ0) is 14.7. The van der Waals surface area contributed by atoms with Crippen molar-refractivity contribution in [2.75, 3.05) is 0 Å². The van der Waals surface area contributed by atoms with Gasteiger partial charge < -0.3 is 5.32 Å². The molecule has 0 radical (unpaired) electrons. The van der Waals surface area contributed by atoms with Crippen molar-refractivity contribution in [3.8, 4) is 0 Å². The van der Waals surface area contributed by atoms with Gasteiger partial charge in [0.05, 0.1) is 0 Å². The fourth-order valence-electron chi connectivity index (χ4n) is 1.98. The molecule has 0 saturated heterocycles. The molecule has 0 saturated carbocycles. The van der Waals surface area contributed by atoms with Crippen molar-refractivity contribution in [3.05, 3.63) is 69.7 Å². The van der Waals surface area contributed by atoms with Crippen LogP contribution in [-0.4, -0.2) is 0 Å². The number of benzene rings is 2. The Morgan fingerprint density at radius 1 is 1.15 bits per heavy atom. The second-order valence-corrected chi connectivity index (χ2v) is 5.33. The third-order valence-corrected chi connectivity index (χ3v) is 3.45. The third kappa shape index (κ3) is 3.78. The van der Waals surface area contributed by atoms with Gasteiger partial charge in [-0.05, 0) is 54.8 Å². The van der Waals surface area contributed by atoms with E-state index in [4.69, 9.17) is 11.6 Å². The van der Waals surface area contributed by atoms with Crippen molar-refractivity contribution in [1.82, 2.24) is 5.32 Å². The molecule has 1 nitrogen and oxygen atoms in total. The number of aryl methyl sites for hydroxylation is 1. The average Bonchev–Trinajstić information content (AvgIpc) is 2.38. The Bertz CT molecular complexity index is 593. The van der Waals surface area contributed by atoms with E-state index < -0.39 is 0 Å². The van der Waals surface area contributed by atoms with E-state index in [-0.39, 0.29) is 17.7 Å². The van der Waals surface area contributed by atoms with Gasteiger partial charge in [0, 0.05) is 17.6 Å². The molecular weight excluding hydrogens is 280 g/mol. The maximum atomic E-state index is 13.5. The van der Waals surface area contributed by atoms with Gasteiger partial charge in [-0.3, -0.25) is 0 Å². The van der Waals surface area contributed by atoms with Gasteiger partial charge in [0.1, 0.15) is 11.6 Å². The van der Waals surface area contributed by atoms with Crippen LogP contribution < -0.4 is 5.32 Å². The van der Waals surface area contributed by atoms with Crippen molar-refractivity contribution in [2.24, 2.45) is 0 Å². The van der Waals surface area contributed by atoms with Crippen LogP contribution in [0, 0.1) is 18.6 Å². The molecule has 0 heterocycles. The quantitative estimate of drug-likeness (QED) is 0.856. The Hall–Kier alpha value is -1.45. The highest BCUT2D eigenvalue weighted by atomic mass is 35.5. The molecule has 0 bridgehead atoms. The summed E-state index contributed by atoms with van der Waals surface area (Å²) in [6.45, 7) is 4.13. The maximum Gasteiger partial charge on any atom is 0.126 e. The van der Waals surface area contributed by atoms with Crippen LogP contribution in [0.3, 0.4) is 0 Å². The van der Waals surface area contributed by atoms with E-state index in [2.05, 4.69) is 5.32 Å². The lowest BCUT2D eigenvalue weighted by atomic mass is 10.1. The molecule has 2 aromatic carbocycles. The summed E-state index contributed by atoms with van der Waals surface area (Å²) in [6, 6.07) is 9.53. The number of nitrogens with one attached hydrogen (secondary N) is 1. The van der Waals surface area contributed by atoms with Gasteiger partial charge in [0.2, 0.25) is 0 Å². The predicted molar refractivity (Wildman–Crippen MR) is 77.8 cm³/mol. The van der Waals surface area contributed by atoms with E-state index in [0.717, 1.165) is 11.1 Å². The topological polar surface area (TPSA) is 12.0 Å². The Labute approximate surface area is 122 Å². The molecule has 1 N–H and O–H groups in total. The minimum atomic E-state index is -0.358. The normalized spacial score (nSPS) is 12.4. The number of hydrogen-bond donors (Lipinski definition) is 1. The average molecular weight is 296 g/mol. The van der Waals surface area contributed by atoms with Crippen LogP contribution in [0.25, 0.3) is 0 Å². The fraction of sp³-hybridized carbons (Fsp3) is 0.250. The zero-order valence-electron chi connectivity index (χ0n) is 11.4. The van der Waals surface area contributed by atoms with Crippen LogP contribution in [0.5, 0.6) is 0 Å². The SMILES string of the molecule is Cc1ccc(C(C)NCc2cc(F)cc(Cl)c2)cc1F. The first-order valence-electron chi connectivity index (χ1n) is 6.40. The first-order valence-corrected chi connectivity index (χ1v) is 6.78. The van der Waals surface area contributed by atoms with E-state index in [0.29, 0.717) is 17.1 Å². The molecule has 0 spiro atoms. The lowest BCUT2D eigenvalue weighted by molar-refractivity contribution is 0.559. The predicted octanol–water partition coefficient (Wildman–Crippen LogP) is 4.78. The summed E-state index contributed by atoms with van der Waals surface area (Å²) in [7, 11) is 0. The Kier molecular flexibility index (Phi) is 4.73. The molecule has 2 rings (SSSR count). The van der Waals surface area contributed by atoms with Crippen molar-refractivity contribution in [1.29, 1.82) is 0 Å². The summed E-state index contributed by atoms with van der Waals surface area (Å²) in [6.07, 6.45) is 0. The standard InChI is InChI=1S/C16H16ClF2N/c1-10-3-4-13(7-16(10)19)11(2)20-9-12-5-14(17)8-15(18)6-12/h3-8,11,20H,9H2,1-2H3. The van der Waals surface area contributed by atoms with Crippen molar-refractivity contribution >= 4 is 11.6 Å². The monoisotopic (exact) mass is 295 g/mol. The van der Waals surface area contributed by atoms with E-state index >= 15 is 0 Å². The van der Waals surface area contributed by atoms with E-state index in [9.17, 15) is 8.78 Å². The fourth-order valence-corrected chi connectivity index (χ4v) is 2.22. The summed E-state index contributed by atoms with van der Waals surface area (Å²) in [5.74, 6) is -0.576. The van der Waals surface area contributed by atoms with Gasteiger partial charge in [-0.1, -0.05) is 23.7 Å². The molecule has 2 aromatic rings. The van der Waals surface area contributed by atoms with Crippen molar-refractivity contribution < 1.29 is 8.78 Å². The summed E-state index contributed by atoms with van der Waals surface area (Å²) in [5, 5.41) is 3.60. The van der Waals surface area contributed by atoms with Crippen molar-refractivity contribution in [3.63, 3.8) is 0 Å². The second-order valence-electron chi connectivity index (χ2n) is 4.89. The minimum Gasteiger partial charge on any atom is -0.306 e. The van der Waals surface area contributed by atoms with Gasteiger partial charge in [0.25, 0.3) is 0 Å². The molecule has 1 atom stereocenters. The molecule has 0 aliphatic carbocycles. The largest absolute Gasteiger partial charge is 0.306 e. The summed E-state index contributed by atoms with van der Waals surface area (Å²) >= 11 is 5.80. The van der Waals surface area contributed by atoms with E-state index in [1.165, 1.54) is 18.2 Å². The Morgan fingerprint density at radius 3 is 2.55 bits per heavy atom. The zero-order valence-corrected chi connectivity index (χ0v) is 12.1. The Morgan fingerprint density at radius 2 is 1.90 bits per heavy atom.